The van der Waals surface area contributed by atoms with Crippen molar-refractivity contribution < 1.29 is 4.79 Å². The molecule has 0 saturated heterocycles. The van der Waals surface area contributed by atoms with Crippen molar-refractivity contribution in [3.05, 3.63) is 16.0 Å². The summed E-state index contributed by atoms with van der Waals surface area (Å²) in [5.41, 5.74) is 13.6. The summed E-state index contributed by atoms with van der Waals surface area (Å²) in [5.74, 6) is -0.359. The predicted molar refractivity (Wildman–Crippen MR) is 70.2 cm³/mol. The molecule has 3 nitrogen and oxygen atoms in total. The molecular formula is C13H18N2OS. The summed E-state index contributed by atoms with van der Waals surface area (Å²) in [6, 6.07) is 0. The number of carbonyl (C=O) groups excluding carboxylic acids is 1. The highest BCUT2D eigenvalue weighted by Crippen LogP contribution is 2.50. The van der Waals surface area contributed by atoms with Crippen LogP contribution >= 0.6 is 11.3 Å². The molecule has 0 bridgehead atoms. The normalized spacial score (nSPS) is 21.6. The molecule has 1 fully saturated rings. The first-order chi connectivity index (χ1) is 8.11. The van der Waals surface area contributed by atoms with Crippen molar-refractivity contribution in [3.8, 4) is 0 Å². The minimum absolute atomic E-state index is 0.359. The minimum Gasteiger partial charge on any atom is -0.390 e. The van der Waals surface area contributed by atoms with Crippen molar-refractivity contribution in [2.45, 2.75) is 44.9 Å². The number of hydrogen-bond donors (Lipinski definition) is 2. The molecule has 1 aromatic rings. The van der Waals surface area contributed by atoms with Gasteiger partial charge >= 0.3 is 0 Å². The van der Waals surface area contributed by atoms with Gasteiger partial charge in [0.25, 0.3) is 5.91 Å². The molecule has 0 unspecified atom stereocenters. The molecule has 92 valence electrons. The van der Waals surface area contributed by atoms with Crippen LogP contribution in [0.15, 0.2) is 0 Å². The van der Waals surface area contributed by atoms with Gasteiger partial charge in [-0.2, -0.15) is 0 Å². The van der Waals surface area contributed by atoms with E-state index in [4.69, 9.17) is 11.5 Å². The van der Waals surface area contributed by atoms with E-state index in [1.54, 1.807) is 11.3 Å². The fourth-order valence-electron chi connectivity index (χ4n) is 3.58. The summed E-state index contributed by atoms with van der Waals surface area (Å²) in [7, 11) is 0. The van der Waals surface area contributed by atoms with Crippen LogP contribution in [-0.4, -0.2) is 5.91 Å². The largest absolute Gasteiger partial charge is 0.390 e. The molecule has 1 amide bonds. The van der Waals surface area contributed by atoms with Crippen LogP contribution in [0.25, 0.3) is 0 Å². The molecule has 0 aliphatic heterocycles. The van der Waals surface area contributed by atoms with Gasteiger partial charge in [-0.1, -0.05) is 12.8 Å². The summed E-state index contributed by atoms with van der Waals surface area (Å²) in [4.78, 5) is 12.7. The van der Waals surface area contributed by atoms with Crippen molar-refractivity contribution >= 4 is 22.2 Å². The van der Waals surface area contributed by atoms with Crippen LogP contribution in [0, 0.1) is 5.41 Å². The topological polar surface area (TPSA) is 69.1 Å². The smallest absolute Gasteiger partial charge is 0.251 e. The van der Waals surface area contributed by atoms with Crippen molar-refractivity contribution in [2.24, 2.45) is 11.1 Å². The molecule has 17 heavy (non-hydrogen) atoms. The third-order valence-electron chi connectivity index (χ3n) is 4.47. The molecular weight excluding hydrogens is 232 g/mol. The molecule has 2 aliphatic rings. The molecule has 1 heterocycles. The predicted octanol–water partition coefficient (Wildman–Crippen LogP) is 2.48. The van der Waals surface area contributed by atoms with Gasteiger partial charge in [0.2, 0.25) is 0 Å². The molecule has 4 heteroatoms. The van der Waals surface area contributed by atoms with Gasteiger partial charge in [-0.25, -0.2) is 0 Å². The summed E-state index contributed by atoms with van der Waals surface area (Å²) in [6.07, 6.45) is 8.71. The quantitative estimate of drug-likeness (QED) is 0.804. The fourth-order valence-corrected chi connectivity index (χ4v) is 4.88. The van der Waals surface area contributed by atoms with E-state index in [1.807, 2.05) is 0 Å². The third kappa shape index (κ3) is 1.66. The minimum atomic E-state index is -0.359. The van der Waals surface area contributed by atoms with E-state index >= 15 is 0 Å². The maximum absolute atomic E-state index is 11.4. The average molecular weight is 250 g/mol. The molecule has 0 aromatic carbocycles. The Kier molecular flexibility index (Phi) is 2.43. The SMILES string of the molecule is NC(=O)c1c(N)sc2c1CCC1(CCCC1)C2. The maximum atomic E-state index is 11.4. The highest BCUT2D eigenvalue weighted by molar-refractivity contribution is 7.16. The Balaban J connectivity index is 1.99. The molecule has 1 spiro atoms. The second-order valence-corrected chi connectivity index (χ2v) is 6.63. The zero-order valence-electron chi connectivity index (χ0n) is 9.92. The van der Waals surface area contributed by atoms with E-state index in [1.165, 1.54) is 37.0 Å². The third-order valence-corrected chi connectivity index (χ3v) is 5.53. The Hall–Kier alpha value is -1.03. The Labute approximate surface area is 105 Å². The Bertz CT molecular complexity index is 472. The van der Waals surface area contributed by atoms with E-state index in [2.05, 4.69) is 0 Å². The number of thiophene rings is 1. The second kappa shape index (κ2) is 3.73. The van der Waals surface area contributed by atoms with Gasteiger partial charge in [0.05, 0.1) is 10.6 Å². The van der Waals surface area contributed by atoms with Crippen molar-refractivity contribution in [1.82, 2.24) is 0 Å². The molecule has 0 atom stereocenters. The Morgan fingerprint density at radius 2 is 1.94 bits per heavy atom. The van der Waals surface area contributed by atoms with Crippen LogP contribution in [0.4, 0.5) is 5.00 Å². The van der Waals surface area contributed by atoms with Crippen LogP contribution in [0.3, 0.4) is 0 Å². The molecule has 1 saturated carbocycles. The summed E-state index contributed by atoms with van der Waals surface area (Å²) >= 11 is 1.58. The van der Waals surface area contributed by atoms with E-state index < -0.39 is 0 Å². The van der Waals surface area contributed by atoms with Gasteiger partial charge in [0.1, 0.15) is 0 Å². The number of nitrogen functional groups attached to an aromatic ring is 1. The van der Waals surface area contributed by atoms with Gasteiger partial charge in [0.15, 0.2) is 0 Å². The van der Waals surface area contributed by atoms with Crippen molar-refractivity contribution in [2.75, 3.05) is 5.73 Å². The molecule has 2 aliphatic carbocycles. The lowest BCUT2D eigenvalue weighted by Crippen LogP contribution is -2.26. The summed E-state index contributed by atoms with van der Waals surface area (Å²) < 4.78 is 0. The van der Waals surface area contributed by atoms with Crippen LogP contribution in [0.2, 0.25) is 0 Å². The number of amides is 1. The number of hydrogen-bond acceptors (Lipinski definition) is 3. The number of carbonyl (C=O) groups is 1. The van der Waals surface area contributed by atoms with Gasteiger partial charge in [-0.3, -0.25) is 4.79 Å². The lowest BCUT2D eigenvalue weighted by atomic mass is 9.72. The van der Waals surface area contributed by atoms with Gasteiger partial charge in [0, 0.05) is 4.88 Å². The number of primary amides is 1. The van der Waals surface area contributed by atoms with Crippen LogP contribution in [0.5, 0.6) is 0 Å². The number of anilines is 1. The monoisotopic (exact) mass is 250 g/mol. The molecule has 4 N–H and O–H groups in total. The highest BCUT2D eigenvalue weighted by atomic mass is 32.1. The Morgan fingerprint density at radius 3 is 2.59 bits per heavy atom. The van der Waals surface area contributed by atoms with E-state index in [0.717, 1.165) is 18.4 Å². The second-order valence-electron chi connectivity index (χ2n) is 5.49. The van der Waals surface area contributed by atoms with Gasteiger partial charge in [-0.05, 0) is 43.1 Å². The molecule has 3 rings (SSSR count). The number of fused-ring (bicyclic) bond motifs is 1. The lowest BCUT2D eigenvalue weighted by Gasteiger charge is -2.33. The summed E-state index contributed by atoms with van der Waals surface area (Å²) in [5, 5.41) is 0.623. The molecule has 1 aromatic heterocycles. The summed E-state index contributed by atoms with van der Waals surface area (Å²) in [6.45, 7) is 0. The number of rotatable bonds is 1. The van der Waals surface area contributed by atoms with Crippen molar-refractivity contribution in [1.29, 1.82) is 0 Å². The zero-order valence-corrected chi connectivity index (χ0v) is 10.7. The molecule has 0 radical (unpaired) electrons. The first-order valence-corrected chi connectivity index (χ1v) is 7.13. The first kappa shape index (κ1) is 11.1. The first-order valence-electron chi connectivity index (χ1n) is 6.31. The zero-order chi connectivity index (χ0) is 12.0. The van der Waals surface area contributed by atoms with Crippen LogP contribution in [0.1, 0.15) is 52.9 Å². The highest BCUT2D eigenvalue weighted by Gasteiger charge is 2.39. The van der Waals surface area contributed by atoms with Crippen LogP contribution < -0.4 is 11.5 Å². The van der Waals surface area contributed by atoms with Crippen molar-refractivity contribution in [3.63, 3.8) is 0 Å². The van der Waals surface area contributed by atoms with E-state index in [-0.39, 0.29) is 5.91 Å². The Morgan fingerprint density at radius 1 is 1.24 bits per heavy atom. The maximum Gasteiger partial charge on any atom is 0.251 e. The standard InChI is InChI=1S/C13H18N2OS/c14-11(16)10-8-3-6-13(4-1-2-5-13)7-9(8)17-12(10)15/h1-7,15H2,(H2,14,16). The average Bonchev–Trinajstić information content (AvgIpc) is 2.82. The lowest BCUT2D eigenvalue weighted by molar-refractivity contribution is 0.0999. The number of nitrogens with two attached hydrogens (primary N) is 2. The van der Waals surface area contributed by atoms with Gasteiger partial charge in [-0.15, -0.1) is 11.3 Å². The van der Waals surface area contributed by atoms with E-state index in [0.29, 0.717) is 16.0 Å². The van der Waals surface area contributed by atoms with E-state index in [9.17, 15) is 4.79 Å². The van der Waals surface area contributed by atoms with Crippen LogP contribution in [-0.2, 0) is 12.8 Å². The fraction of sp³-hybridized carbons (Fsp3) is 0.615. The van der Waals surface area contributed by atoms with Gasteiger partial charge < -0.3 is 11.5 Å².